The smallest absolute Gasteiger partial charge is 0.391 e. The van der Waals surface area contributed by atoms with Crippen molar-refractivity contribution in [1.29, 1.82) is 0 Å². The van der Waals surface area contributed by atoms with Crippen LogP contribution in [0, 0.1) is 0 Å². The van der Waals surface area contributed by atoms with Gasteiger partial charge in [-0.2, -0.15) is 18.2 Å². The molecule has 0 aliphatic carbocycles. The maximum atomic E-state index is 12.4. The third-order valence-electron chi connectivity index (χ3n) is 3.16. The highest BCUT2D eigenvalue weighted by Crippen LogP contribution is 2.29. The van der Waals surface area contributed by atoms with Crippen molar-refractivity contribution in [3.05, 3.63) is 35.7 Å². The second-order valence-electron chi connectivity index (χ2n) is 5.00. The molecule has 2 aromatic rings. The Kier molecular flexibility index (Phi) is 4.69. The Morgan fingerprint density at radius 1 is 1.26 bits per heavy atom. The Hall–Kier alpha value is -2.42. The van der Waals surface area contributed by atoms with E-state index in [0.29, 0.717) is 5.56 Å². The summed E-state index contributed by atoms with van der Waals surface area (Å²) < 4.78 is 41.4. The Morgan fingerprint density at radius 3 is 2.35 bits per heavy atom. The third-order valence-corrected chi connectivity index (χ3v) is 3.16. The van der Waals surface area contributed by atoms with Gasteiger partial charge in [-0.25, -0.2) is 0 Å². The van der Waals surface area contributed by atoms with E-state index in [1.54, 1.807) is 13.8 Å². The van der Waals surface area contributed by atoms with Gasteiger partial charge in [0.2, 0.25) is 5.82 Å². The van der Waals surface area contributed by atoms with E-state index in [1.165, 1.54) is 24.3 Å². The number of carbonyl (C=O) groups excluding carboxylic acids is 1. The maximum Gasteiger partial charge on any atom is 0.471 e. The van der Waals surface area contributed by atoms with Gasteiger partial charge in [-0.1, -0.05) is 17.3 Å². The molecule has 2 unspecified atom stereocenters. The molecule has 2 atom stereocenters. The van der Waals surface area contributed by atoms with Gasteiger partial charge in [0, 0.05) is 11.1 Å². The van der Waals surface area contributed by atoms with Gasteiger partial charge in [-0.05, 0) is 26.0 Å². The summed E-state index contributed by atoms with van der Waals surface area (Å²) in [6, 6.07) is 5.22. The highest BCUT2D eigenvalue weighted by atomic mass is 19.4. The van der Waals surface area contributed by atoms with E-state index in [9.17, 15) is 23.1 Å². The van der Waals surface area contributed by atoms with Crippen molar-refractivity contribution >= 4 is 5.91 Å². The molecule has 0 bridgehead atoms. The number of hydrogen-bond acceptors (Lipinski definition) is 5. The Balaban J connectivity index is 2.13. The highest BCUT2D eigenvalue weighted by Gasteiger charge is 2.38. The summed E-state index contributed by atoms with van der Waals surface area (Å²) in [6.07, 6.45) is -5.42. The maximum absolute atomic E-state index is 12.4. The van der Waals surface area contributed by atoms with Crippen molar-refractivity contribution < 1.29 is 27.6 Å². The molecule has 0 spiro atoms. The first kappa shape index (κ1) is 16.9. The van der Waals surface area contributed by atoms with Crippen LogP contribution in [0.4, 0.5) is 13.2 Å². The van der Waals surface area contributed by atoms with Crippen LogP contribution >= 0.6 is 0 Å². The molecule has 1 aromatic heterocycles. The van der Waals surface area contributed by atoms with Crippen molar-refractivity contribution in [2.24, 2.45) is 0 Å². The topological polar surface area (TPSA) is 88.2 Å². The Morgan fingerprint density at radius 2 is 1.87 bits per heavy atom. The van der Waals surface area contributed by atoms with E-state index in [2.05, 4.69) is 20.0 Å². The highest BCUT2D eigenvalue weighted by molar-refractivity contribution is 5.94. The number of alkyl halides is 3. The summed E-state index contributed by atoms with van der Waals surface area (Å²) in [4.78, 5) is 15.2. The van der Waals surface area contributed by atoms with Gasteiger partial charge in [-0.3, -0.25) is 4.79 Å². The zero-order valence-electron chi connectivity index (χ0n) is 12.3. The average molecular weight is 329 g/mol. The van der Waals surface area contributed by atoms with Gasteiger partial charge in [0.05, 0.1) is 12.1 Å². The van der Waals surface area contributed by atoms with Gasteiger partial charge >= 0.3 is 12.1 Å². The fourth-order valence-electron chi connectivity index (χ4n) is 1.64. The lowest BCUT2D eigenvalue weighted by Gasteiger charge is -2.16. The minimum atomic E-state index is -4.71. The van der Waals surface area contributed by atoms with Crippen LogP contribution in [0.1, 0.15) is 30.1 Å². The second kappa shape index (κ2) is 6.37. The summed E-state index contributed by atoms with van der Waals surface area (Å²) in [6.45, 7) is 3.19. The van der Waals surface area contributed by atoms with E-state index < -0.39 is 30.1 Å². The number of rotatable bonds is 4. The first-order valence-corrected chi connectivity index (χ1v) is 6.68. The van der Waals surface area contributed by atoms with Crippen molar-refractivity contribution in [1.82, 2.24) is 15.5 Å². The SMILES string of the molecule is CC(O)C(C)NC(=O)c1ccc(-c2noc(C(F)(F)F)n2)cc1. The molecule has 1 amide bonds. The third kappa shape index (κ3) is 4.07. The van der Waals surface area contributed by atoms with E-state index in [0.717, 1.165) is 0 Å². The van der Waals surface area contributed by atoms with Gasteiger partial charge < -0.3 is 14.9 Å². The molecule has 9 heteroatoms. The number of halogens is 3. The van der Waals surface area contributed by atoms with E-state index in [4.69, 9.17) is 0 Å². The minimum absolute atomic E-state index is 0.221. The molecule has 1 heterocycles. The molecular formula is C14H14F3N3O3. The van der Waals surface area contributed by atoms with Crippen LogP contribution in [-0.2, 0) is 6.18 Å². The molecule has 0 saturated carbocycles. The number of hydrogen-bond donors (Lipinski definition) is 2. The van der Waals surface area contributed by atoms with E-state index in [-0.39, 0.29) is 11.4 Å². The van der Waals surface area contributed by atoms with E-state index in [1.807, 2.05) is 0 Å². The summed E-state index contributed by atoms with van der Waals surface area (Å²) in [5.41, 5.74) is 0.574. The fraction of sp³-hybridized carbons (Fsp3) is 0.357. The minimum Gasteiger partial charge on any atom is -0.391 e. The summed E-state index contributed by atoms with van der Waals surface area (Å²) in [5, 5.41) is 15.2. The van der Waals surface area contributed by atoms with Crippen LogP contribution in [0.3, 0.4) is 0 Å². The molecule has 2 N–H and O–H groups in total. The monoisotopic (exact) mass is 329 g/mol. The lowest BCUT2D eigenvalue weighted by molar-refractivity contribution is -0.159. The second-order valence-corrected chi connectivity index (χ2v) is 5.00. The van der Waals surface area contributed by atoms with Crippen LogP contribution in [0.5, 0.6) is 0 Å². The molecular weight excluding hydrogens is 315 g/mol. The van der Waals surface area contributed by atoms with Crippen LogP contribution in [0.15, 0.2) is 28.8 Å². The zero-order valence-corrected chi connectivity index (χ0v) is 12.3. The number of nitrogens with one attached hydrogen (secondary N) is 1. The predicted molar refractivity (Wildman–Crippen MR) is 73.3 cm³/mol. The Labute approximate surface area is 129 Å². The molecule has 124 valence electrons. The quantitative estimate of drug-likeness (QED) is 0.898. The summed E-state index contributed by atoms with van der Waals surface area (Å²) in [5.74, 6) is -2.06. The standard InChI is InChI=1S/C14H14F3N3O3/c1-7(8(2)21)18-12(22)10-5-3-9(4-6-10)11-19-13(23-20-11)14(15,16)17/h3-8,21H,1-2H3,(H,18,22). The molecule has 0 fully saturated rings. The van der Waals surface area contributed by atoms with Crippen LogP contribution < -0.4 is 5.32 Å². The molecule has 0 radical (unpaired) electrons. The molecule has 6 nitrogen and oxygen atoms in total. The van der Waals surface area contributed by atoms with Crippen molar-refractivity contribution in [3.8, 4) is 11.4 Å². The average Bonchev–Trinajstić information content (AvgIpc) is 2.97. The number of aliphatic hydroxyl groups is 1. The number of aliphatic hydroxyl groups excluding tert-OH is 1. The molecule has 0 saturated heterocycles. The van der Waals surface area contributed by atoms with Gasteiger partial charge in [0.25, 0.3) is 5.91 Å². The lowest BCUT2D eigenvalue weighted by atomic mass is 10.1. The fourth-order valence-corrected chi connectivity index (χ4v) is 1.64. The number of benzene rings is 1. The lowest BCUT2D eigenvalue weighted by Crippen LogP contribution is -2.39. The summed E-state index contributed by atoms with van der Waals surface area (Å²) in [7, 11) is 0. The zero-order chi connectivity index (χ0) is 17.2. The summed E-state index contributed by atoms with van der Waals surface area (Å²) >= 11 is 0. The van der Waals surface area contributed by atoms with Crippen LogP contribution in [0.25, 0.3) is 11.4 Å². The van der Waals surface area contributed by atoms with Crippen molar-refractivity contribution in [3.63, 3.8) is 0 Å². The Bertz CT molecular complexity index is 681. The van der Waals surface area contributed by atoms with Crippen molar-refractivity contribution in [2.75, 3.05) is 0 Å². The first-order chi connectivity index (χ1) is 10.7. The van der Waals surface area contributed by atoms with Crippen molar-refractivity contribution in [2.45, 2.75) is 32.2 Å². The number of amides is 1. The largest absolute Gasteiger partial charge is 0.471 e. The molecule has 1 aromatic carbocycles. The van der Waals surface area contributed by atoms with Crippen LogP contribution in [0.2, 0.25) is 0 Å². The number of carbonyl (C=O) groups is 1. The normalized spacial score (nSPS) is 14.3. The molecule has 0 aliphatic heterocycles. The van der Waals surface area contributed by atoms with Gasteiger partial charge in [0.1, 0.15) is 0 Å². The van der Waals surface area contributed by atoms with Gasteiger partial charge in [0.15, 0.2) is 0 Å². The molecule has 0 aliphatic rings. The number of aromatic nitrogens is 2. The molecule has 2 rings (SSSR count). The first-order valence-electron chi connectivity index (χ1n) is 6.68. The molecule has 23 heavy (non-hydrogen) atoms. The number of nitrogens with zero attached hydrogens (tertiary/aromatic N) is 2. The van der Waals surface area contributed by atoms with Gasteiger partial charge in [-0.15, -0.1) is 0 Å². The predicted octanol–water partition coefficient (Wildman–Crippen LogP) is 2.25. The van der Waals surface area contributed by atoms with Crippen LogP contribution in [-0.4, -0.2) is 33.3 Å². The van der Waals surface area contributed by atoms with E-state index >= 15 is 0 Å².